The smallest absolute Gasteiger partial charge is 0.251 e. The third kappa shape index (κ3) is 4.03. The molecule has 0 bridgehead atoms. The maximum absolute atomic E-state index is 12.5. The zero-order valence-corrected chi connectivity index (χ0v) is 14.0. The first-order chi connectivity index (χ1) is 10.7. The first-order valence-electron chi connectivity index (χ1n) is 8.11. The first-order valence-corrected chi connectivity index (χ1v) is 8.11. The van der Waals surface area contributed by atoms with Crippen LogP contribution in [0.15, 0.2) is 18.2 Å². The van der Waals surface area contributed by atoms with Crippen molar-refractivity contribution in [1.82, 2.24) is 5.32 Å². The normalized spacial score (nSPS) is 23.3. The number of carbonyl (C=O) groups is 2. The van der Waals surface area contributed by atoms with Crippen molar-refractivity contribution >= 4 is 29.9 Å². The summed E-state index contributed by atoms with van der Waals surface area (Å²) >= 11 is 0. The lowest BCUT2D eigenvalue weighted by Crippen LogP contribution is -2.44. The summed E-state index contributed by atoms with van der Waals surface area (Å²) in [6, 6.07) is 5.68. The maximum atomic E-state index is 12.5. The van der Waals surface area contributed by atoms with Crippen LogP contribution in [0.25, 0.3) is 0 Å². The summed E-state index contributed by atoms with van der Waals surface area (Å²) in [5, 5.41) is 5.98. The third-order valence-electron chi connectivity index (χ3n) is 4.79. The molecular formula is C17H24ClN3O2. The fourth-order valence-corrected chi connectivity index (χ4v) is 3.46. The molecule has 2 amide bonds. The monoisotopic (exact) mass is 337 g/mol. The van der Waals surface area contributed by atoms with Gasteiger partial charge in [0.2, 0.25) is 5.91 Å². The van der Waals surface area contributed by atoms with E-state index in [1.54, 1.807) is 6.07 Å². The summed E-state index contributed by atoms with van der Waals surface area (Å²) < 4.78 is 0. The number of carbonyl (C=O) groups excluding carboxylic acids is 2. The van der Waals surface area contributed by atoms with Gasteiger partial charge < -0.3 is 16.4 Å². The Morgan fingerprint density at radius 3 is 2.83 bits per heavy atom. The van der Waals surface area contributed by atoms with Crippen molar-refractivity contribution in [3.8, 4) is 0 Å². The molecule has 0 spiro atoms. The van der Waals surface area contributed by atoms with E-state index in [1.807, 2.05) is 12.1 Å². The van der Waals surface area contributed by atoms with Gasteiger partial charge in [0, 0.05) is 23.7 Å². The van der Waals surface area contributed by atoms with Gasteiger partial charge in [-0.1, -0.05) is 12.8 Å². The number of fused-ring (bicyclic) bond motifs is 1. The van der Waals surface area contributed by atoms with E-state index in [-0.39, 0.29) is 30.3 Å². The second-order valence-corrected chi connectivity index (χ2v) is 6.28. The van der Waals surface area contributed by atoms with E-state index in [2.05, 4.69) is 10.6 Å². The largest absolute Gasteiger partial charge is 0.349 e. The molecule has 0 aromatic heterocycles. The van der Waals surface area contributed by atoms with E-state index in [0.717, 1.165) is 30.5 Å². The Morgan fingerprint density at radius 2 is 2.04 bits per heavy atom. The molecule has 5 nitrogen and oxygen atoms in total. The van der Waals surface area contributed by atoms with E-state index >= 15 is 0 Å². The lowest BCUT2D eigenvalue weighted by Gasteiger charge is -2.31. The topological polar surface area (TPSA) is 84.2 Å². The number of amides is 2. The molecule has 1 saturated carbocycles. The number of hydrogen-bond donors (Lipinski definition) is 3. The van der Waals surface area contributed by atoms with Crippen LogP contribution in [0.4, 0.5) is 5.69 Å². The molecule has 3 rings (SSSR count). The fraction of sp³-hybridized carbons (Fsp3) is 0.529. The predicted octanol–water partition coefficient (Wildman–Crippen LogP) is 2.24. The van der Waals surface area contributed by atoms with Gasteiger partial charge in [-0.15, -0.1) is 12.4 Å². The van der Waals surface area contributed by atoms with Gasteiger partial charge in [-0.2, -0.15) is 0 Å². The van der Waals surface area contributed by atoms with Crippen LogP contribution in [0.5, 0.6) is 0 Å². The van der Waals surface area contributed by atoms with Crippen molar-refractivity contribution in [2.45, 2.75) is 44.6 Å². The van der Waals surface area contributed by atoms with E-state index in [9.17, 15) is 9.59 Å². The third-order valence-corrected chi connectivity index (χ3v) is 4.79. The molecule has 126 valence electrons. The number of nitrogens with one attached hydrogen (secondary N) is 2. The fourth-order valence-electron chi connectivity index (χ4n) is 3.46. The average molecular weight is 338 g/mol. The molecule has 0 radical (unpaired) electrons. The molecule has 23 heavy (non-hydrogen) atoms. The second kappa shape index (κ2) is 7.79. The van der Waals surface area contributed by atoms with Crippen LogP contribution in [0.3, 0.4) is 0 Å². The molecule has 1 heterocycles. The molecule has 1 fully saturated rings. The maximum Gasteiger partial charge on any atom is 0.251 e. The van der Waals surface area contributed by atoms with Gasteiger partial charge in [0.25, 0.3) is 5.91 Å². The molecule has 2 atom stereocenters. The van der Waals surface area contributed by atoms with Gasteiger partial charge in [0.15, 0.2) is 0 Å². The minimum atomic E-state index is -0.0370. The molecular weight excluding hydrogens is 314 g/mol. The van der Waals surface area contributed by atoms with Crippen LogP contribution in [0, 0.1) is 5.92 Å². The van der Waals surface area contributed by atoms with Crippen molar-refractivity contribution in [2.24, 2.45) is 11.7 Å². The van der Waals surface area contributed by atoms with Gasteiger partial charge in [-0.3, -0.25) is 9.59 Å². The Bertz CT molecular complexity index is 591. The number of halogens is 1. The molecule has 1 aliphatic heterocycles. The van der Waals surface area contributed by atoms with Crippen LogP contribution in [-0.2, 0) is 11.2 Å². The van der Waals surface area contributed by atoms with Crippen molar-refractivity contribution in [3.05, 3.63) is 29.3 Å². The van der Waals surface area contributed by atoms with Crippen molar-refractivity contribution in [1.29, 1.82) is 0 Å². The Labute approximate surface area is 142 Å². The highest BCUT2D eigenvalue weighted by Crippen LogP contribution is 2.26. The SMILES string of the molecule is Cl.NCC1CCCCC1NC(=O)c1ccc2c(c1)CCC(=O)N2. The molecule has 1 aromatic carbocycles. The summed E-state index contributed by atoms with van der Waals surface area (Å²) in [5.74, 6) is 0.386. The molecule has 2 aliphatic rings. The summed E-state index contributed by atoms with van der Waals surface area (Å²) in [7, 11) is 0. The Hall–Kier alpha value is -1.59. The highest BCUT2D eigenvalue weighted by atomic mass is 35.5. The highest BCUT2D eigenvalue weighted by Gasteiger charge is 2.26. The molecule has 1 aliphatic carbocycles. The van der Waals surface area contributed by atoms with Crippen LogP contribution in [0.2, 0.25) is 0 Å². The second-order valence-electron chi connectivity index (χ2n) is 6.28. The Balaban J connectivity index is 0.00000192. The standard InChI is InChI=1S/C17H23N3O2.ClH/c18-10-13-3-1-2-4-14(13)20-17(22)12-5-7-15-11(9-12)6-8-16(21)19-15;/h5,7,9,13-14H,1-4,6,8,10,18H2,(H,19,21)(H,20,22);1H. The minimum Gasteiger partial charge on any atom is -0.349 e. The Morgan fingerprint density at radius 1 is 1.26 bits per heavy atom. The number of nitrogens with two attached hydrogens (primary N) is 1. The number of hydrogen-bond acceptors (Lipinski definition) is 3. The molecule has 2 unspecified atom stereocenters. The zero-order valence-electron chi connectivity index (χ0n) is 13.1. The number of aryl methyl sites for hydroxylation is 1. The zero-order chi connectivity index (χ0) is 15.5. The van der Waals surface area contributed by atoms with E-state index < -0.39 is 0 Å². The van der Waals surface area contributed by atoms with Gasteiger partial charge >= 0.3 is 0 Å². The van der Waals surface area contributed by atoms with Gasteiger partial charge in [0.05, 0.1) is 0 Å². The lowest BCUT2D eigenvalue weighted by atomic mass is 9.84. The average Bonchev–Trinajstić information content (AvgIpc) is 2.54. The first kappa shape index (κ1) is 17.8. The summed E-state index contributed by atoms with van der Waals surface area (Å²) in [5.41, 5.74) is 8.34. The summed E-state index contributed by atoms with van der Waals surface area (Å²) in [6.45, 7) is 0.626. The quantitative estimate of drug-likeness (QED) is 0.790. The number of benzene rings is 1. The lowest BCUT2D eigenvalue weighted by molar-refractivity contribution is -0.116. The van der Waals surface area contributed by atoms with Crippen LogP contribution in [-0.4, -0.2) is 24.4 Å². The molecule has 1 aromatic rings. The molecule has 6 heteroatoms. The van der Waals surface area contributed by atoms with Crippen LogP contribution < -0.4 is 16.4 Å². The molecule has 4 N–H and O–H groups in total. The number of anilines is 1. The summed E-state index contributed by atoms with van der Waals surface area (Å²) in [4.78, 5) is 23.9. The van der Waals surface area contributed by atoms with Crippen molar-refractivity contribution in [3.63, 3.8) is 0 Å². The van der Waals surface area contributed by atoms with Gasteiger partial charge in [0.1, 0.15) is 0 Å². The van der Waals surface area contributed by atoms with Crippen LogP contribution in [0.1, 0.15) is 48.0 Å². The minimum absolute atomic E-state index is 0. The predicted molar refractivity (Wildman–Crippen MR) is 92.9 cm³/mol. The van der Waals surface area contributed by atoms with Crippen molar-refractivity contribution < 1.29 is 9.59 Å². The molecule has 0 saturated heterocycles. The van der Waals surface area contributed by atoms with E-state index in [0.29, 0.717) is 30.9 Å². The van der Waals surface area contributed by atoms with E-state index in [1.165, 1.54) is 6.42 Å². The van der Waals surface area contributed by atoms with Crippen LogP contribution >= 0.6 is 12.4 Å². The van der Waals surface area contributed by atoms with E-state index in [4.69, 9.17) is 5.73 Å². The highest BCUT2D eigenvalue weighted by molar-refractivity contribution is 5.98. The number of rotatable bonds is 3. The van der Waals surface area contributed by atoms with Crippen molar-refractivity contribution in [2.75, 3.05) is 11.9 Å². The van der Waals surface area contributed by atoms with Gasteiger partial charge in [-0.25, -0.2) is 0 Å². The van der Waals surface area contributed by atoms with Gasteiger partial charge in [-0.05, 0) is 55.5 Å². The summed E-state index contributed by atoms with van der Waals surface area (Å²) in [6.07, 6.45) is 5.63. The Kier molecular flexibility index (Phi) is 6.02.